The minimum Gasteiger partial charge on any atom is -0.374 e. The van der Waals surface area contributed by atoms with E-state index >= 15 is 0 Å². The Bertz CT molecular complexity index is 929. The average Bonchev–Trinajstić information content (AvgIpc) is 3.08. The summed E-state index contributed by atoms with van der Waals surface area (Å²) in [7, 11) is -3.60. The van der Waals surface area contributed by atoms with E-state index < -0.39 is 10.0 Å². The van der Waals surface area contributed by atoms with Gasteiger partial charge in [0.05, 0.1) is 21.4 Å². The molecule has 2 heterocycles. The summed E-state index contributed by atoms with van der Waals surface area (Å²) in [6.07, 6.45) is 2.74. The molecule has 1 aromatic carbocycles. The number of carbonyl (C=O) groups excluding carboxylic acids is 1. The van der Waals surface area contributed by atoms with Gasteiger partial charge < -0.3 is 11.1 Å². The Kier molecular flexibility index (Phi) is 6.58. The molecular formula is C15H18ClN5O3S3. The highest BCUT2D eigenvalue weighted by Crippen LogP contribution is 2.29. The maximum absolute atomic E-state index is 12.8. The lowest BCUT2D eigenvalue weighted by atomic mass is 10.2. The zero-order valence-electron chi connectivity index (χ0n) is 14.2. The third kappa shape index (κ3) is 5.11. The van der Waals surface area contributed by atoms with Crippen LogP contribution >= 0.6 is 34.7 Å². The van der Waals surface area contributed by atoms with E-state index in [0.29, 0.717) is 22.6 Å². The van der Waals surface area contributed by atoms with Crippen molar-refractivity contribution >= 4 is 61.4 Å². The second-order valence-electron chi connectivity index (χ2n) is 5.85. The molecule has 1 amide bonds. The lowest BCUT2D eigenvalue weighted by molar-refractivity contribution is -0.113. The maximum atomic E-state index is 12.8. The number of piperidine rings is 1. The Balaban J connectivity index is 1.70. The van der Waals surface area contributed by atoms with E-state index in [2.05, 4.69) is 15.5 Å². The van der Waals surface area contributed by atoms with E-state index in [9.17, 15) is 13.2 Å². The number of nitrogens with one attached hydrogen (secondary N) is 1. The predicted molar refractivity (Wildman–Crippen MR) is 108 cm³/mol. The normalized spacial score (nSPS) is 15.6. The smallest absolute Gasteiger partial charge is 0.243 e. The molecule has 3 N–H and O–H groups in total. The summed E-state index contributed by atoms with van der Waals surface area (Å²) in [5, 5.41) is 10.8. The van der Waals surface area contributed by atoms with Crippen LogP contribution in [0, 0.1) is 0 Å². The van der Waals surface area contributed by atoms with Gasteiger partial charge in [-0.05, 0) is 31.0 Å². The first-order valence-electron chi connectivity index (χ1n) is 8.17. The molecule has 1 saturated heterocycles. The fourth-order valence-electron chi connectivity index (χ4n) is 2.61. The standard InChI is InChI=1S/C15H18ClN5O3S3/c16-11-5-4-10(27(23,24)21-6-2-1-3-7-21)8-12(11)18-13(22)9-25-15-20-19-14(17)26-15/h4-5,8H,1-3,6-7,9H2,(H2,17,19)(H,18,22). The highest BCUT2D eigenvalue weighted by Gasteiger charge is 2.26. The average molecular weight is 448 g/mol. The molecule has 2 aromatic rings. The number of nitrogen functional groups attached to an aromatic ring is 1. The van der Waals surface area contributed by atoms with Gasteiger partial charge in [-0.15, -0.1) is 10.2 Å². The summed E-state index contributed by atoms with van der Waals surface area (Å²) in [6.45, 7) is 1.02. The number of halogens is 1. The van der Waals surface area contributed by atoms with Crippen molar-refractivity contribution in [2.45, 2.75) is 28.5 Å². The Hall–Kier alpha value is -1.40. The topological polar surface area (TPSA) is 118 Å². The van der Waals surface area contributed by atoms with Crippen LogP contribution in [0.4, 0.5) is 10.8 Å². The molecule has 1 fully saturated rings. The quantitative estimate of drug-likeness (QED) is 0.653. The van der Waals surface area contributed by atoms with Gasteiger partial charge in [0.25, 0.3) is 0 Å². The van der Waals surface area contributed by atoms with Crippen molar-refractivity contribution < 1.29 is 13.2 Å². The van der Waals surface area contributed by atoms with E-state index in [-0.39, 0.29) is 27.3 Å². The number of hydrogen-bond acceptors (Lipinski definition) is 8. The largest absolute Gasteiger partial charge is 0.374 e. The molecule has 3 rings (SSSR count). The zero-order chi connectivity index (χ0) is 19.4. The molecule has 1 aliphatic rings. The summed E-state index contributed by atoms with van der Waals surface area (Å²) in [4.78, 5) is 12.3. The second-order valence-corrected chi connectivity index (χ2v) is 10.4. The lowest BCUT2D eigenvalue weighted by Crippen LogP contribution is -2.35. The molecule has 0 unspecified atom stereocenters. The Morgan fingerprint density at radius 2 is 2.04 bits per heavy atom. The van der Waals surface area contributed by atoms with Crippen LogP contribution in [-0.4, -0.2) is 47.7 Å². The summed E-state index contributed by atoms with van der Waals surface area (Å²) in [6, 6.07) is 4.34. The summed E-state index contributed by atoms with van der Waals surface area (Å²) < 4.78 is 27.6. The monoisotopic (exact) mass is 447 g/mol. The van der Waals surface area contributed by atoms with Crippen molar-refractivity contribution in [2.75, 3.05) is 29.9 Å². The number of nitrogens with zero attached hydrogens (tertiary/aromatic N) is 3. The molecule has 146 valence electrons. The van der Waals surface area contributed by atoms with Crippen LogP contribution < -0.4 is 11.1 Å². The van der Waals surface area contributed by atoms with Crippen LogP contribution in [0.25, 0.3) is 0 Å². The van der Waals surface area contributed by atoms with Crippen LogP contribution in [0.2, 0.25) is 5.02 Å². The first-order valence-corrected chi connectivity index (χ1v) is 11.8. The van der Waals surface area contributed by atoms with E-state index in [4.69, 9.17) is 17.3 Å². The first kappa shape index (κ1) is 20.3. The molecule has 1 aliphatic heterocycles. The zero-order valence-corrected chi connectivity index (χ0v) is 17.4. The van der Waals surface area contributed by atoms with Gasteiger partial charge in [0.15, 0.2) is 4.34 Å². The molecule has 0 spiro atoms. The Labute approximate surface area is 170 Å². The SMILES string of the molecule is Nc1nnc(SCC(=O)Nc2cc(S(=O)(=O)N3CCCCC3)ccc2Cl)s1. The number of rotatable bonds is 6. The third-order valence-electron chi connectivity index (χ3n) is 3.91. The number of hydrogen-bond donors (Lipinski definition) is 2. The van der Waals surface area contributed by atoms with Gasteiger partial charge in [0.1, 0.15) is 0 Å². The van der Waals surface area contributed by atoms with Gasteiger partial charge in [-0.2, -0.15) is 4.31 Å². The molecule has 0 radical (unpaired) electrons. The van der Waals surface area contributed by atoms with E-state index in [1.54, 1.807) is 0 Å². The van der Waals surface area contributed by atoms with Gasteiger partial charge in [-0.25, -0.2) is 8.42 Å². The summed E-state index contributed by atoms with van der Waals surface area (Å²) >= 11 is 8.51. The maximum Gasteiger partial charge on any atom is 0.243 e. The molecule has 0 atom stereocenters. The summed E-state index contributed by atoms with van der Waals surface area (Å²) in [5.74, 6) is -0.253. The van der Waals surface area contributed by atoms with Crippen LogP contribution in [-0.2, 0) is 14.8 Å². The van der Waals surface area contributed by atoms with Crippen molar-refractivity contribution in [1.82, 2.24) is 14.5 Å². The van der Waals surface area contributed by atoms with Gasteiger partial charge in [-0.1, -0.05) is 41.1 Å². The molecule has 0 aliphatic carbocycles. The number of carbonyl (C=O) groups is 1. The molecular weight excluding hydrogens is 430 g/mol. The number of amides is 1. The van der Waals surface area contributed by atoms with Gasteiger partial charge in [-0.3, -0.25) is 4.79 Å². The number of benzene rings is 1. The molecule has 0 bridgehead atoms. The van der Waals surface area contributed by atoms with Crippen LogP contribution in [0.3, 0.4) is 0 Å². The van der Waals surface area contributed by atoms with Crippen molar-refractivity contribution in [3.63, 3.8) is 0 Å². The van der Waals surface area contributed by atoms with Crippen molar-refractivity contribution in [3.8, 4) is 0 Å². The number of thioether (sulfide) groups is 1. The molecule has 1 aromatic heterocycles. The van der Waals surface area contributed by atoms with E-state index in [1.807, 2.05) is 0 Å². The fraction of sp³-hybridized carbons (Fsp3) is 0.400. The number of anilines is 2. The molecule has 27 heavy (non-hydrogen) atoms. The van der Waals surface area contributed by atoms with Crippen LogP contribution in [0.1, 0.15) is 19.3 Å². The van der Waals surface area contributed by atoms with Gasteiger partial charge >= 0.3 is 0 Å². The minimum absolute atomic E-state index is 0.0774. The Morgan fingerprint density at radius 3 is 2.70 bits per heavy atom. The third-order valence-corrected chi connectivity index (χ3v) is 8.02. The van der Waals surface area contributed by atoms with Crippen LogP contribution in [0.15, 0.2) is 27.4 Å². The van der Waals surface area contributed by atoms with Gasteiger partial charge in [0, 0.05) is 13.1 Å². The van der Waals surface area contributed by atoms with Crippen molar-refractivity contribution in [1.29, 1.82) is 0 Å². The molecule has 8 nitrogen and oxygen atoms in total. The van der Waals surface area contributed by atoms with E-state index in [0.717, 1.165) is 19.3 Å². The van der Waals surface area contributed by atoms with E-state index in [1.165, 1.54) is 45.6 Å². The fourth-order valence-corrected chi connectivity index (χ4v) is 5.75. The predicted octanol–water partition coefficient (Wildman–Crippen LogP) is 2.68. The molecule has 12 heteroatoms. The number of nitrogens with two attached hydrogens (primary N) is 1. The lowest BCUT2D eigenvalue weighted by Gasteiger charge is -2.26. The van der Waals surface area contributed by atoms with Crippen molar-refractivity contribution in [3.05, 3.63) is 23.2 Å². The van der Waals surface area contributed by atoms with Crippen LogP contribution in [0.5, 0.6) is 0 Å². The number of aromatic nitrogens is 2. The second kappa shape index (κ2) is 8.74. The summed E-state index contributed by atoms with van der Waals surface area (Å²) in [5.41, 5.74) is 5.76. The number of sulfonamides is 1. The van der Waals surface area contributed by atoms with Gasteiger partial charge in [0.2, 0.25) is 21.1 Å². The minimum atomic E-state index is -3.60. The first-order chi connectivity index (χ1) is 12.9. The molecule has 0 saturated carbocycles. The highest BCUT2D eigenvalue weighted by molar-refractivity contribution is 8.01. The van der Waals surface area contributed by atoms with Crippen molar-refractivity contribution in [2.24, 2.45) is 0 Å². The highest BCUT2D eigenvalue weighted by atomic mass is 35.5. The Morgan fingerprint density at radius 1 is 1.30 bits per heavy atom.